The van der Waals surface area contributed by atoms with Crippen molar-refractivity contribution in [1.82, 2.24) is 34.9 Å². The number of likely N-dealkylation sites (tertiary alicyclic amines) is 1. The summed E-state index contributed by atoms with van der Waals surface area (Å²) >= 11 is 12.3. The standard InChI is InChI=1S/C24H24Cl2N8O2/c25-16-7-13-9-30-34(18(13)8-17(16)26)19-11-29-22-21(31-19)15(10-28-22)23(35)32-20(12-1-2-12)24(36)33-5-3-14(27)4-6-33/h7-12,14,20H,1-6,27H2,(H,28,29)(H,32,35)/t20-/m1/s1. The van der Waals surface area contributed by atoms with Crippen molar-refractivity contribution in [2.45, 2.75) is 37.8 Å². The summed E-state index contributed by atoms with van der Waals surface area (Å²) in [6.45, 7) is 1.24. The van der Waals surface area contributed by atoms with Crippen LogP contribution < -0.4 is 11.1 Å². The van der Waals surface area contributed by atoms with E-state index in [1.165, 1.54) is 0 Å². The van der Waals surface area contributed by atoms with Crippen molar-refractivity contribution in [2.75, 3.05) is 13.1 Å². The van der Waals surface area contributed by atoms with Crippen molar-refractivity contribution in [2.24, 2.45) is 11.7 Å². The first-order chi connectivity index (χ1) is 17.4. The van der Waals surface area contributed by atoms with Gasteiger partial charge in [0.1, 0.15) is 11.6 Å². The molecular weight excluding hydrogens is 503 g/mol. The predicted octanol–water partition coefficient (Wildman–Crippen LogP) is 3.06. The number of hydrogen-bond donors (Lipinski definition) is 3. The first-order valence-corrected chi connectivity index (χ1v) is 12.7. The van der Waals surface area contributed by atoms with Gasteiger partial charge in [0.05, 0.1) is 33.5 Å². The molecule has 0 spiro atoms. The number of piperidine rings is 1. The van der Waals surface area contributed by atoms with Gasteiger partial charge in [-0.3, -0.25) is 9.59 Å². The van der Waals surface area contributed by atoms with Gasteiger partial charge in [-0.25, -0.2) is 14.6 Å². The van der Waals surface area contributed by atoms with Crippen LogP contribution in [0.15, 0.2) is 30.7 Å². The lowest BCUT2D eigenvalue weighted by molar-refractivity contribution is -0.134. The number of carbonyl (C=O) groups excluding carboxylic acids is 2. The molecule has 0 radical (unpaired) electrons. The number of amides is 2. The number of rotatable bonds is 5. The number of nitrogens with one attached hydrogen (secondary N) is 2. The largest absolute Gasteiger partial charge is 0.344 e. The van der Waals surface area contributed by atoms with Gasteiger partial charge in [-0.1, -0.05) is 23.2 Å². The molecule has 1 aromatic carbocycles. The molecule has 1 aliphatic heterocycles. The van der Waals surface area contributed by atoms with Gasteiger partial charge in [0.15, 0.2) is 11.5 Å². The van der Waals surface area contributed by atoms with E-state index in [9.17, 15) is 9.59 Å². The Kier molecular flexibility index (Phi) is 5.82. The first kappa shape index (κ1) is 23.2. The van der Waals surface area contributed by atoms with Gasteiger partial charge < -0.3 is 20.9 Å². The van der Waals surface area contributed by atoms with Gasteiger partial charge in [-0.05, 0) is 43.7 Å². The average Bonchev–Trinajstić information content (AvgIpc) is 3.50. The lowest BCUT2D eigenvalue weighted by atomic mass is 10.0. The van der Waals surface area contributed by atoms with E-state index in [1.807, 2.05) is 4.90 Å². The number of aromatic amines is 1. The minimum absolute atomic E-state index is 0.0390. The van der Waals surface area contributed by atoms with Crippen molar-refractivity contribution < 1.29 is 9.59 Å². The molecule has 4 aromatic rings. The van der Waals surface area contributed by atoms with E-state index in [1.54, 1.807) is 35.4 Å². The molecule has 4 N–H and O–H groups in total. The van der Waals surface area contributed by atoms with Crippen molar-refractivity contribution >= 4 is 57.1 Å². The SMILES string of the molecule is NC1CCN(C(=O)[C@H](NC(=O)c2c[nH]c3ncc(-n4ncc5cc(Cl)c(Cl)cc54)nc23)C2CC2)CC1. The summed E-state index contributed by atoms with van der Waals surface area (Å²) in [6, 6.07) is 3.01. The van der Waals surface area contributed by atoms with Crippen LogP contribution in [0.3, 0.4) is 0 Å². The van der Waals surface area contributed by atoms with E-state index in [0.717, 1.165) is 31.1 Å². The zero-order valence-corrected chi connectivity index (χ0v) is 20.8. The maximum atomic E-state index is 13.3. The Bertz CT molecular complexity index is 1490. The molecule has 1 aliphatic carbocycles. The molecule has 2 amide bonds. The van der Waals surface area contributed by atoms with E-state index < -0.39 is 6.04 Å². The van der Waals surface area contributed by atoms with Crippen molar-refractivity contribution in [1.29, 1.82) is 0 Å². The molecule has 1 atom stereocenters. The number of halogens is 2. The number of H-pyrrole nitrogens is 1. The number of nitrogens with zero attached hydrogens (tertiary/aromatic N) is 5. The Labute approximate surface area is 216 Å². The smallest absolute Gasteiger partial charge is 0.255 e. The van der Waals surface area contributed by atoms with Gasteiger partial charge in [-0.2, -0.15) is 5.10 Å². The third-order valence-electron chi connectivity index (χ3n) is 6.94. The van der Waals surface area contributed by atoms with E-state index >= 15 is 0 Å². The summed E-state index contributed by atoms with van der Waals surface area (Å²) in [4.78, 5) is 40.5. The van der Waals surface area contributed by atoms with Crippen LogP contribution in [-0.4, -0.2) is 66.6 Å². The number of benzene rings is 1. The monoisotopic (exact) mass is 526 g/mol. The number of fused-ring (bicyclic) bond motifs is 2. The summed E-state index contributed by atoms with van der Waals surface area (Å²) in [6.07, 6.45) is 8.17. The van der Waals surface area contributed by atoms with E-state index in [-0.39, 0.29) is 23.8 Å². The van der Waals surface area contributed by atoms with Crippen LogP contribution in [0.5, 0.6) is 0 Å². The highest BCUT2D eigenvalue weighted by molar-refractivity contribution is 6.42. The van der Waals surface area contributed by atoms with E-state index in [2.05, 4.69) is 25.4 Å². The second kappa shape index (κ2) is 9.02. The fraction of sp³-hybridized carbons (Fsp3) is 0.375. The third-order valence-corrected chi connectivity index (χ3v) is 7.66. The molecule has 6 rings (SSSR count). The van der Waals surface area contributed by atoms with Gasteiger partial charge in [-0.15, -0.1) is 0 Å². The van der Waals surface area contributed by atoms with Gasteiger partial charge in [0.25, 0.3) is 5.91 Å². The summed E-state index contributed by atoms with van der Waals surface area (Å²) in [7, 11) is 0. The van der Waals surface area contributed by atoms with Crippen LogP contribution in [0.1, 0.15) is 36.0 Å². The van der Waals surface area contributed by atoms with Gasteiger partial charge >= 0.3 is 0 Å². The number of carbonyl (C=O) groups is 2. The lowest BCUT2D eigenvalue weighted by Crippen LogP contribution is -2.53. The summed E-state index contributed by atoms with van der Waals surface area (Å²) in [5.74, 6) is 0.162. The first-order valence-electron chi connectivity index (χ1n) is 11.9. The highest BCUT2D eigenvalue weighted by atomic mass is 35.5. The lowest BCUT2D eigenvalue weighted by Gasteiger charge is -2.33. The number of aromatic nitrogens is 5. The molecule has 1 saturated carbocycles. The fourth-order valence-corrected chi connectivity index (χ4v) is 5.04. The molecule has 36 heavy (non-hydrogen) atoms. The maximum Gasteiger partial charge on any atom is 0.255 e. The zero-order valence-electron chi connectivity index (χ0n) is 19.2. The molecular formula is C24H24Cl2N8O2. The van der Waals surface area contributed by atoms with Crippen LogP contribution in [0.25, 0.3) is 27.9 Å². The molecule has 12 heteroatoms. The van der Waals surface area contributed by atoms with Gasteiger partial charge in [0, 0.05) is 30.7 Å². The molecule has 4 heterocycles. The van der Waals surface area contributed by atoms with Crippen LogP contribution in [-0.2, 0) is 4.79 Å². The fourth-order valence-electron chi connectivity index (χ4n) is 4.71. The molecule has 0 bridgehead atoms. The van der Waals surface area contributed by atoms with Gasteiger partial charge in [0.2, 0.25) is 5.91 Å². The van der Waals surface area contributed by atoms with Crippen molar-refractivity contribution in [3.05, 3.63) is 46.3 Å². The average molecular weight is 527 g/mol. The minimum atomic E-state index is -0.560. The number of nitrogens with two attached hydrogens (primary N) is 1. The second-order valence-electron chi connectivity index (χ2n) is 9.46. The highest BCUT2D eigenvalue weighted by Gasteiger charge is 2.40. The third kappa shape index (κ3) is 4.19. The highest BCUT2D eigenvalue weighted by Crippen LogP contribution is 2.34. The van der Waals surface area contributed by atoms with Crippen LogP contribution in [0.4, 0.5) is 0 Å². The Morgan fingerprint density at radius 1 is 1.11 bits per heavy atom. The zero-order chi connectivity index (χ0) is 25.0. The predicted molar refractivity (Wildman–Crippen MR) is 136 cm³/mol. The van der Waals surface area contributed by atoms with Crippen molar-refractivity contribution in [3.63, 3.8) is 0 Å². The number of hydrogen-bond acceptors (Lipinski definition) is 6. The second-order valence-corrected chi connectivity index (χ2v) is 10.3. The van der Waals surface area contributed by atoms with E-state index in [0.29, 0.717) is 51.2 Å². The van der Waals surface area contributed by atoms with E-state index in [4.69, 9.17) is 28.9 Å². The topological polar surface area (TPSA) is 135 Å². The Morgan fingerprint density at radius 2 is 1.86 bits per heavy atom. The van der Waals surface area contributed by atoms with Crippen LogP contribution >= 0.6 is 23.2 Å². The molecule has 1 saturated heterocycles. The van der Waals surface area contributed by atoms with Crippen LogP contribution in [0.2, 0.25) is 10.0 Å². The van der Waals surface area contributed by atoms with Crippen LogP contribution in [0, 0.1) is 5.92 Å². The molecule has 0 unspecified atom stereocenters. The molecule has 2 aliphatic rings. The summed E-state index contributed by atoms with van der Waals surface area (Å²) in [5.41, 5.74) is 7.86. The Balaban J connectivity index is 1.29. The Hall–Kier alpha value is -3.21. The normalized spacial score (nSPS) is 17.6. The molecule has 10 nitrogen and oxygen atoms in total. The Morgan fingerprint density at radius 3 is 2.61 bits per heavy atom. The molecule has 3 aromatic heterocycles. The quantitative estimate of drug-likeness (QED) is 0.365. The molecule has 2 fully saturated rings. The van der Waals surface area contributed by atoms with Crippen molar-refractivity contribution in [3.8, 4) is 5.82 Å². The minimum Gasteiger partial charge on any atom is -0.344 e. The molecule has 186 valence electrons. The summed E-state index contributed by atoms with van der Waals surface area (Å²) < 4.78 is 1.59. The maximum absolute atomic E-state index is 13.3. The summed E-state index contributed by atoms with van der Waals surface area (Å²) in [5, 5.41) is 9.00.